The van der Waals surface area contributed by atoms with Gasteiger partial charge in [0.25, 0.3) is 0 Å². The molecule has 6 heteroatoms. The van der Waals surface area contributed by atoms with Gasteiger partial charge in [-0.1, -0.05) is 43.1 Å². The van der Waals surface area contributed by atoms with Gasteiger partial charge in [0.2, 0.25) is 5.91 Å². The Labute approximate surface area is 128 Å². The zero-order chi connectivity index (χ0) is 15.3. The lowest BCUT2D eigenvalue weighted by molar-refractivity contribution is -0.142. The smallest absolute Gasteiger partial charge is 0.326 e. The van der Waals surface area contributed by atoms with Crippen molar-refractivity contribution in [2.75, 3.05) is 0 Å². The third-order valence-corrected chi connectivity index (χ3v) is 3.45. The van der Waals surface area contributed by atoms with E-state index in [9.17, 15) is 9.59 Å². The molecule has 1 aromatic carbocycles. The van der Waals surface area contributed by atoms with E-state index in [0.29, 0.717) is 22.0 Å². The average Bonchev–Trinajstić information content (AvgIpc) is 2.32. The van der Waals surface area contributed by atoms with Gasteiger partial charge in [-0.3, -0.25) is 4.79 Å². The van der Waals surface area contributed by atoms with Gasteiger partial charge in [0.15, 0.2) is 0 Å². The van der Waals surface area contributed by atoms with Crippen LogP contribution in [0.15, 0.2) is 18.2 Å². The van der Waals surface area contributed by atoms with Crippen LogP contribution in [-0.4, -0.2) is 23.0 Å². The van der Waals surface area contributed by atoms with Crippen molar-refractivity contribution in [3.8, 4) is 0 Å². The molecule has 0 fully saturated rings. The number of carboxylic acids is 1. The first-order chi connectivity index (χ1) is 9.31. The van der Waals surface area contributed by atoms with Crippen LogP contribution in [0.2, 0.25) is 10.0 Å². The van der Waals surface area contributed by atoms with Crippen LogP contribution in [0.4, 0.5) is 0 Å². The van der Waals surface area contributed by atoms with E-state index >= 15 is 0 Å². The van der Waals surface area contributed by atoms with Crippen molar-refractivity contribution in [2.45, 2.75) is 32.7 Å². The quantitative estimate of drug-likeness (QED) is 0.847. The molecule has 0 bridgehead atoms. The molecule has 0 heterocycles. The van der Waals surface area contributed by atoms with Crippen molar-refractivity contribution in [1.29, 1.82) is 0 Å². The van der Waals surface area contributed by atoms with E-state index in [0.717, 1.165) is 0 Å². The first-order valence-electron chi connectivity index (χ1n) is 6.26. The topological polar surface area (TPSA) is 66.4 Å². The van der Waals surface area contributed by atoms with E-state index < -0.39 is 17.9 Å². The fourth-order valence-electron chi connectivity index (χ4n) is 1.80. The van der Waals surface area contributed by atoms with Crippen LogP contribution in [0.1, 0.15) is 25.8 Å². The Morgan fingerprint density at radius 3 is 2.25 bits per heavy atom. The second-order valence-corrected chi connectivity index (χ2v) is 5.78. The van der Waals surface area contributed by atoms with E-state index in [1.54, 1.807) is 18.2 Å². The molecule has 0 aliphatic carbocycles. The fraction of sp³-hybridized carbons (Fsp3) is 0.429. The van der Waals surface area contributed by atoms with Gasteiger partial charge in [0.1, 0.15) is 6.04 Å². The number of halogens is 2. The van der Waals surface area contributed by atoms with Crippen molar-refractivity contribution in [2.24, 2.45) is 5.92 Å². The lowest BCUT2D eigenvalue weighted by Crippen LogP contribution is -2.42. The first kappa shape index (κ1) is 16.8. The second-order valence-electron chi connectivity index (χ2n) is 4.96. The summed E-state index contributed by atoms with van der Waals surface area (Å²) >= 11 is 12.0. The van der Waals surface area contributed by atoms with Gasteiger partial charge < -0.3 is 10.4 Å². The van der Waals surface area contributed by atoms with Crippen molar-refractivity contribution in [3.05, 3.63) is 33.8 Å². The molecule has 1 aromatic rings. The van der Waals surface area contributed by atoms with Crippen molar-refractivity contribution in [3.63, 3.8) is 0 Å². The van der Waals surface area contributed by atoms with Crippen LogP contribution in [0, 0.1) is 5.92 Å². The minimum absolute atomic E-state index is 0.0413. The van der Waals surface area contributed by atoms with E-state index in [1.807, 2.05) is 13.8 Å². The molecule has 20 heavy (non-hydrogen) atoms. The molecule has 0 saturated heterocycles. The molecule has 0 aliphatic rings. The Morgan fingerprint density at radius 1 is 1.25 bits per heavy atom. The molecule has 1 atom stereocenters. The maximum Gasteiger partial charge on any atom is 0.326 e. The number of amides is 1. The highest BCUT2D eigenvalue weighted by Gasteiger charge is 2.21. The molecule has 0 radical (unpaired) electrons. The minimum Gasteiger partial charge on any atom is -0.480 e. The summed E-state index contributed by atoms with van der Waals surface area (Å²) in [7, 11) is 0. The summed E-state index contributed by atoms with van der Waals surface area (Å²) in [6, 6.07) is 4.06. The normalized spacial score (nSPS) is 12.2. The van der Waals surface area contributed by atoms with Crippen LogP contribution in [0.5, 0.6) is 0 Å². The molecule has 0 aromatic heterocycles. The summed E-state index contributed by atoms with van der Waals surface area (Å²) in [6.45, 7) is 3.79. The largest absolute Gasteiger partial charge is 0.480 e. The Kier molecular flexibility index (Phi) is 6.30. The molecule has 4 nitrogen and oxygen atoms in total. The highest BCUT2D eigenvalue weighted by atomic mass is 35.5. The van der Waals surface area contributed by atoms with Gasteiger partial charge in [-0.15, -0.1) is 0 Å². The molecular formula is C14H17Cl2NO3. The molecule has 0 spiro atoms. The number of hydrogen-bond donors (Lipinski definition) is 2. The van der Waals surface area contributed by atoms with Crippen molar-refractivity contribution < 1.29 is 14.7 Å². The maximum absolute atomic E-state index is 11.9. The average molecular weight is 318 g/mol. The van der Waals surface area contributed by atoms with Crippen LogP contribution in [0.3, 0.4) is 0 Å². The Hall–Kier alpha value is -1.26. The fourth-order valence-corrected chi connectivity index (χ4v) is 2.33. The number of aliphatic carboxylic acids is 1. The summed E-state index contributed by atoms with van der Waals surface area (Å²) in [5.74, 6) is -1.29. The molecule has 2 N–H and O–H groups in total. The number of benzene rings is 1. The summed E-state index contributed by atoms with van der Waals surface area (Å²) in [5, 5.41) is 12.4. The predicted molar refractivity (Wildman–Crippen MR) is 79.2 cm³/mol. The Balaban J connectivity index is 2.73. The molecule has 0 aliphatic heterocycles. The zero-order valence-corrected chi connectivity index (χ0v) is 12.8. The van der Waals surface area contributed by atoms with Gasteiger partial charge in [-0.25, -0.2) is 4.79 Å². The maximum atomic E-state index is 11.9. The van der Waals surface area contributed by atoms with Crippen LogP contribution >= 0.6 is 23.2 Å². The molecule has 0 unspecified atom stereocenters. The van der Waals surface area contributed by atoms with E-state index in [1.165, 1.54) is 0 Å². The van der Waals surface area contributed by atoms with E-state index in [2.05, 4.69) is 5.32 Å². The highest BCUT2D eigenvalue weighted by Crippen LogP contribution is 2.24. The van der Waals surface area contributed by atoms with Gasteiger partial charge in [-0.2, -0.15) is 0 Å². The summed E-state index contributed by atoms with van der Waals surface area (Å²) < 4.78 is 0. The summed E-state index contributed by atoms with van der Waals surface area (Å²) in [6.07, 6.45) is 0.331. The number of carboxylic acid groups (broad SMARTS) is 1. The SMILES string of the molecule is CC(C)C[C@@H](NC(=O)Cc1c(Cl)cccc1Cl)C(=O)O. The monoisotopic (exact) mass is 317 g/mol. The van der Waals surface area contributed by atoms with Crippen molar-refractivity contribution in [1.82, 2.24) is 5.32 Å². The number of rotatable bonds is 6. The van der Waals surface area contributed by atoms with Crippen LogP contribution in [-0.2, 0) is 16.0 Å². The third-order valence-electron chi connectivity index (χ3n) is 2.74. The Bertz CT molecular complexity index is 483. The first-order valence-corrected chi connectivity index (χ1v) is 7.02. The van der Waals surface area contributed by atoms with Crippen LogP contribution in [0.25, 0.3) is 0 Å². The van der Waals surface area contributed by atoms with Crippen molar-refractivity contribution >= 4 is 35.1 Å². The summed E-state index contributed by atoms with van der Waals surface area (Å²) in [5.41, 5.74) is 0.502. The molecule has 110 valence electrons. The third kappa shape index (κ3) is 5.02. The summed E-state index contributed by atoms with van der Waals surface area (Å²) in [4.78, 5) is 23.0. The van der Waals surface area contributed by atoms with Crippen LogP contribution < -0.4 is 5.32 Å². The lowest BCUT2D eigenvalue weighted by Gasteiger charge is -2.17. The standard InChI is InChI=1S/C14H17Cl2NO3/c1-8(2)6-12(14(19)20)17-13(18)7-9-10(15)4-3-5-11(9)16/h3-5,8,12H,6-7H2,1-2H3,(H,17,18)(H,19,20)/t12-/m1/s1. The molecule has 0 saturated carbocycles. The highest BCUT2D eigenvalue weighted by molar-refractivity contribution is 6.36. The molecule has 1 amide bonds. The number of nitrogens with one attached hydrogen (secondary N) is 1. The van der Waals surface area contributed by atoms with E-state index in [-0.39, 0.29) is 12.3 Å². The number of carbonyl (C=O) groups excluding carboxylic acids is 1. The van der Waals surface area contributed by atoms with Gasteiger partial charge >= 0.3 is 5.97 Å². The van der Waals surface area contributed by atoms with Gasteiger partial charge in [0.05, 0.1) is 6.42 Å². The lowest BCUT2D eigenvalue weighted by atomic mass is 10.0. The van der Waals surface area contributed by atoms with E-state index in [4.69, 9.17) is 28.3 Å². The Morgan fingerprint density at radius 2 is 1.80 bits per heavy atom. The second kappa shape index (κ2) is 7.50. The minimum atomic E-state index is -1.04. The van der Waals surface area contributed by atoms with Gasteiger partial charge in [0, 0.05) is 10.0 Å². The van der Waals surface area contributed by atoms with Gasteiger partial charge in [-0.05, 0) is 30.0 Å². The zero-order valence-electron chi connectivity index (χ0n) is 11.3. The number of hydrogen-bond acceptors (Lipinski definition) is 2. The number of carbonyl (C=O) groups is 2. The molecular weight excluding hydrogens is 301 g/mol. The molecule has 1 rings (SSSR count). The predicted octanol–water partition coefficient (Wildman–Crippen LogP) is 3.15.